The number of carbonyl (C=O) groups is 2. The lowest BCUT2D eigenvalue weighted by atomic mass is 10.3. The number of nitrogens with one attached hydrogen (secondary N) is 2. The lowest BCUT2D eigenvalue weighted by Crippen LogP contribution is -2.33. The molecule has 5 heterocycles. The summed E-state index contributed by atoms with van der Waals surface area (Å²) in [6, 6.07) is 1.79. The molecule has 0 aliphatic carbocycles. The molecule has 4 aromatic heterocycles. The number of aliphatic hydroxyl groups excluding tert-OH is 1. The number of aryl methyl sites for hydroxylation is 2. The Kier molecular flexibility index (Phi) is 6.21. The van der Waals surface area contributed by atoms with Crippen LogP contribution in [-0.2, 0) is 7.05 Å². The van der Waals surface area contributed by atoms with Crippen LogP contribution >= 0.6 is 22.7 Å². The summed E-state index contributed by atoms with van der Waals surface area (Å²) < 4.78 is 3.43. The standard InChI is InChI=1S/C22H25N7O3S2/c1-13-7-17(20(32)23-4-6-28-5-3-15(30)11-28)33-21(13)26-19(31)16-9-25-29-12-18(34-22(16)29)14-8-24-27(2)10-14/h7-10,12,15,30H,3-6,11H2,1-2H3,(H,23,32)(H,26,31)/t15-/m1/s1. The zero-order chi connectivity index (χ0) is 23.8. The van der Waals surface area contributed by atoms with E-state index in [4.69, 9.17) is 0 Å². The third-order valence-electron chi connectivity index (χ3n) is 5.76. The van der Waals surface area contributed by atoms with E-state index in [1.807, 2.05) is 26.4 Å². The van der Waals surface area contributed by atoms with E-state index >= 15 is 0 Å². The van der Waals surface area contributed by atoms with Gasteiger partial charge in [0.15, 0.2) is 0 Å². The predicted molar refractivity (Wildman–Crippen MR) is 132 cm³/mol. The first-order valence-electron chi connectivity index (χ1n) is 10.9. The Bertz CT molecular complexity index is 1350. The van der Waals surface area contributed by atoms with Crippen molar-refractivity contribution in [3.8, 4) is 10.4 Å². The molecule has 1 aliphatic heterocycles. The second-order valence-corrected chi connectivity index (χ2v) is 10.5. The number of thiophene rings is 1. The average Bonchev–Trinajstić information content (AvgIpc) is 3.59. The smallest absolute Gasteiger partial charge is 0.261 e. The molecule has 0 aromatic carbocycles. The van der Waals surface area contributed by atoms with E-state index < -0.39 is 0 Å². The number of rotatable bonds is 7. The molecule has 1 aliphatic rings. The summed E-state index contributed by atoms with van der Waals surface area (Å²) in [5, 5.41) is 24.6. The second-order valence-electron chi connectivity index (χ2n) is 8.38. The normalized spacial score (nSPS) is 16.4. The van der Waals surface area contributed by atoms with Crippen molar-refractivity contribution in [2.45, 2.75) is 19.4 Å². The molecule has 1 atom stereocenters. The van der Waals surface area contributed by atoms with Crippen molar-refractivity contribution in [1.82, 2.24) is 29.6 Å². The predicted octanol–water partition coefficient (Wildman–Crippen LogP) is 2.21. The number of amides is 2. The number of thiazole rings is 1. The highest BCUT2D eigenvalue weighted by atomic mass is 32.1. The van der Waals surface area contributed by atoms with Gasteiger partial charge in [-0.05, 0) is 25.0 Å². The quantitative estimate of drug-likeness (QED) is 0.359. The Morgan fingerprint density at radius 2 is 2.06 bits per heavy atom. The molecule has 0 bridgehead atoms. The van der Waals surface area contributed by atoms with Crippen LogP contribution in [-0.4, -0.2) is 73.5 Å². The number of carbonyl (C=O) groups excluding carboxylic acids is 2. The minimum atomic E-state index is -0.268. The van der Waals surface area contributed by atoms with Gasteiger partial charge in [0.25, 0.3) is 11.8 Å². The van der Waals surface area contributed by atoms with Gasteiger partial charge in [0.05, 0.1) is 38.8 Å². The van der Waals surface area contributed by atoms with Gasteiger partial charge in [0, 0.05) is 51.2 Å². The summed E-state index contributed by atoms with van der Waals surface area (Å²) in [6.45, 7) is 4.59. The van der Waals surface area contributed by atoms with Crippen LogP contribution in [0.2, 0.25) is 0 Å². The van der Waals surface area contributed by atoms with Crippen LogP contribution in [0.25, 0.3) is 15.3 Å². The molecule has 10 nitrogen and oxygen atoms in total. The fourth-order valence-electron chi connectivity index (χ4n) is 3.94. The molecule has 0 unspecified atom stereocenters. The first-order valence-corrected chi connectivity index (χ1v) is 12.6. The molecular weight excluding hydrogens is 474 g/mol. The van der Waals surface area contributed by atoms with Crippen LogP contribution in [0.15, 0.2) is 30.9 Å². The number of anilines is 1. The van der Waals surface area contributed by atoms with Crippen molar-refractivity contribution < 1.29 is 14.7 Å². The Morgan fingerprint density at radius 3 is 2.79 bits per heavy atom. The van der Waals surface area contributed by atoms with Gasteiger partial charge in [0.2, 0.25) is 0 Å². The number of fused-ring (bicyclic) bond motifs is 1. The minimum absolute atomic E-state index is 0.166. The molecule has 3 N–H and O–H groups in total. The van der Waals surface area contributed by atoms with Crippen LogP contribution in [0.3, 0.4) is 0 Å². The van der Waals surface area contributed by atoms with E-state index in [0.717, 1.165) is 33.8 Å². The van der Waals surface area contributed by atoms with Gasteiger partial charge in [-0.25, -0.2) is 4.52 Å². The Labute approximate surface area is 203 Å². The van der Waals surface area contributed by atoms with Crippen LogP contribution in [0.1, 0.15) is 32.0 Å². The van der Waals surface area contributed by atoms with Crippen molar-refractivity contribution in [3.63, 3.8) is 0 Å². The van der Waals surface area contributed by atoms with E-state index in [0.29, 0.717) is 35.1 Å². The molecule has 178 valence electrons. The Morgan fingerprint density at radius 1 is 1.21 bits per heavy atom. The van der Waals surface area contributed by atoms with E-state index in [1.54, 1.807) is 27.7 Å². The summed E-state index contributed by atoms with van der Waals surface area (Å²) in [6.07, 6.45) is 7.65. The van der Waals surface area contributed by atoms with Crippen molar-refractivity contribution in [2.24, 2.45) is 7.05 Å². The number of aliphatic hydroxyl groups is 1. The largest absolute Gasteiger partial charge is 0.392 e. The zero-order valence-corrected chi connectivity index (χ0v) is 20.4. The number of hydrogen-bond donors (Lipinski definition) is 3. The van der Waals surface area contributed by atoms with Crippen LogP contribution < -0.4 is 10.6 Å². The summed E-state index contributed by atoms with van der Waals surface area (Å²) in [5.74, 6) is -0.431. The summed E-state index contributed by atoms with van der Waals surface area (Å²) in [5.41, 5.74) is 2.28. The van der Waals surface area contributed by atoms with E-state index in [-0.39, 0.29) is 17.9 Å². The van der Waals surface area contributed by atoms with Crippen molar-refractivity contribution >= 4 is 44.3 Å². The summed E-state index contributed by atoms with van der Waals surface area (Å²) in [7, 11) is 1.86. The molecular formula is C22H25N7O3S2. The number of nitrogens with zero attached hydrogens (tertiary/aromatic N) is 5. The van der Waals surface area contributed by atoms with Crippen LogP contribution in [0, 0.1) is 6.92 Å². The molecule has 0 saturated carbocycles. The topological polar surface area (TPSA) is 117 Å². The molecule has 1 saturated heterocycles. The molecule has 1 fully saturated rings. The lowest BCUT2D eigenvalue weighted by molar-refractivity contribution is 0.0952. The summed E-state index contributed by atoms with van der Waals surface area (Å²) >= 11 is 2.73. The maximum atomic E-state index is 13.0. The average molecular weight is 500 g/mol. The number of hydrogen-bond acceptors (Lipinski definition) is 8. The molecule has 2 amide bonds. The maximum Gasteiger partial charge on any atom is 0.261 e. The zero-order valence-electron chi connectivity index (χ0n) is 18.8. The van der Waals surface area contributed by atoms with Gasteiger partial charge in [0.1, 0.15) is 4.83 Å². The van der Waals surface area contributed by atoms with Gasteiger partial charge >= 0.3 is 0 Å². The van der Waals surface area contributed by atoms with E-state index in [9.17, 15) is 14.7 Å². The fraction of sp³-hybridized carbons (Fsp3) is 0.364. The highest BCUT2D eigenvalue weighted by molar-refractivity contribution is 7.21. The summed E-state index contributed by atoms with van der Waals surface area (Å²) in [4.78, 5) is 30.0. The van der Waals surface area contributed by atoms with E-state index in [2.05, 4.69) is 25.7 Å². The fourth-order valence-corrected chi connectivity index (χ4v) is 5.96. The molecule has 0 radical (unpaired) electrons. The molecule has 4 aromatic rings. The van der Waals surface area contributed by atoms with E-state index in [1.165, 1.54) is 22.7 Å². The van der Waals surface area contributed by atoms with Gasteiger partial charge in [-0.2, -0.15) is 10.2 Å². The van der Waals surface area contributed by atoms with Crippen molar-refractivity contribution in [1.29, 1.82) is 0 Å². The second kappa shape index (κ2) is 9.29. The van der Waals surface area contributed by atoms with Crippen molar-refractivity contribution in [2.75, 3.05) is 31.5 Å². The van der Waals surface area contributed by atoms with Crippen LogP contribution in [0.4, 0.5) is 5.00 Å². The van der Waals surface area contributed by atoms with Gasteiger partial charge < -0.3 is 15.7 Å². The molecule has 34 heavy (non-hydrogen) atoms. The highest BCUT2D eigenvalue weighted by Gasteiger charge is 2.21. The van der Waals surface area contributed by atoms with Crippen LogP contribution in [0.5, 0.6) is 0 Å². The monoisotopic (exact) mass is 499 g/mol. The first kappa shape index (κ1) is 22.7. The third kappa shape index (κ3) is 4.62. The number of aromatic nitrogens is 4. The minimum Gasteiger partial charge on any atom is -0.392 e. The molecule has 5 rings (SSSR count). The van der Waals surface area contributed by atoms with Crippen molar-refractivity contribution in [3.05, 3.63) is 46.9 Å². The Balaban J connectivity index is 1.24. The van der Waals surface area contributed by atoms with Gasteiger partial charge in [-0.15, -0.1) is 22.7 Å². The first-order chi connectivity index (χ1) is 16.4. The molecule has 12 heteroatoms. The maximum absolute atomic E-state index is 13.0. The third-order valence-corrected chi connectivity index (χ3v) is 8.07. The number of β-amino-alcohol motifs (C(OH)–C–C–N with tert-alkyl or cyclic N) is 1. The molecule has 0 spiro atoms. The highest BCUT2D eigenvalue weighted by Crippen LogP contribution is 2.32. The lowest BCUT2D eigenvalue weighted by Gasteiger charge is -2.14. The van der Waals surface area contributed by atoms with Gasteiger partial charge in [-0.1, -0.05) is 0 Å². The number of likely N-dealkylation sites (tertiary alicyclic amines) is 1. The SMILES string of the molecule is Cc1cc(C(=O)NCCN2CC[C@@H](O)C2)sc1NC(=O)c1cnn2cc(-c3cnn(C)c3)sc12. The van der Waals surface area contributed by atoms with Gasteiger partial charge in [-0.3, -0.25) is 19.2 Å². The Hall–Kier alpha value is -3.06.